The molecule has 164 valence electrons. The fourth-order valence-electron chi connectivity index (χ4n) is 3.73. The number of carbonyl (C=O) groups excluding carboxylic acids is 2. The molecule has 2 amide bonds. The maximum Gasteiger partial charge on any atom is 0.416 e. The van der Waals surface area contributed by atoms with E-state index in [1.165, 1.54) is 24.5 Å². The van der Waals surface area contributed by atoms with Crippen LogP contribution in [0.2, 0.25) is 0 Å². The van der Waals surface area contributed by atoms with Crippen LogP contribution in [0.25, 0.3) is 0 Å². The van der Waals surface area contributed by atoms with E-state index in [9.17, 15) is 22.8 Å². The molecule has 0 spiro atoms. The number of alkyl halides is 3. The highest BCUT2D eigenvalue weighted by molar-refractivity contribution is 5.89. The lowest BCUT2D eigenvalue weighted by molar-refractivity contribution is -0.137. The third kappa shape index (κ3) is 4.68. The number of nitrogens with one attached hydrogen (secondary N) is 3. The van der Waals surface area contributed by atoms with E-state index < -0.39 is 35.9 Å². The largest absolute Gasteiger partial charge is 0.416 e. The van der Waals surface area contributed by atoms with Gasteiger partial charge in [-0.05, 0) is 42.0 Å². The van der Waals surface area contributed by atoms with E-state index in [0.29, 0.717) is 11.4 Å². The smallest absolute Gasteiger partial charge is 0.347 e. The lowest BCUT2D eigenvalue weighted by Gasteiger charge is -2.32. The molecule has 2 aromatic rings. The van der Waals surface area contributed by atoms with Crippen LogP contribution in [0, 0.1) is 5.41 Å². The van der Waals surface area contributed by atoms with Crippen LogP contribution >= 0.6 is 0 Å². The van der Waals surface area contributed by atoms with Gasteiger partial charge in [-0.2, -0.15) is 13.2 Å². The summed E-state index contributed by atoms with van der Waals surface area (Å²) in [4.78, 5) is 33.4. The molecule has 2 heterocycles. The number of aromatic nitrogens is 2. The predicted octanol–water partition coefficient (Wildman–Crippen LogP) is 2.63. The summed E-state index contributed by atoms with van der Waals surface area (Å²) in [5, 5.41) is 8.70. The average Bonchev–Trinajstić information content (AvgIpc) is 3.49. The molecule has 1 aromatic carbocycles. The van der Waals surface area contributed by atoms with E-state index in [0.717, 1.165) is 25.0 Å². The van der Waals surface area contributed by atoms with E-state index in [-0.39, 0.29) is 17.7 Å². The fourth-order valence-corrected chi connectivity index (χ4v) is 3.73. The number of carbonyl (C=O) groups is 2. The van der Waals surface area contributed by atoms with Crippen LogP contribution in [-0.4, -0.2) is 27.8 Å². The lowest BCUT2D eigenvalue weighted by atomic mass is 9.90. The maximum atomic E-state index is 13.0. The molecule has 1 saturated heterocycles. The zero-order valence-corrected chi connectivity index (χ0v) is 16.7. The van der Waals surface area contributed by atoms with Gasteiger partial charge in [0, 0.05) is 12.4 Å². The Morgan fingerprint density at radius 2 is 1.84 bits per heavy atom. The molecular weight excluding hydrogens is 411 g/mol. The van der Waals surface area contributed by atoms with Gasteiger partial charge >= 0.3 is 6.18 Å². The third-order valence-electron chi connectivity index (χ3n) is 5.82. The van der Waals surface area contributed by atoms with Crippen LogP contribution in [0.4, 0.5) is 13.2 Å². The molecule has 1 saturated carbocycles. The molecule has 4 rings (SSSR count). The molecule has 10 heteroatoms. The Balaban J connectivity index is 1.51. The summed E-state index contributed by atoms with van der Waals surface area (Å²) in [7, 11) is 0. The van der Waals surface area contributed by atoms with Gasteiger partial charge in [-0.15, -0.1) is 0 Å². The topological polar surface area (TPSA) is 96.0 Å². The van der Waals surface area contributed by atoms with Crippen molar-refractivity contribution in [1.82, 2.24) is 25.9 Å². The average molecular weight is 433 g/mol. The van der Waals surface area contributed by atoms with Crippen molar-refractivity contribution in [3.05, 3.63) is 59.7 Å². The van der Waals surface area contributed by atoms with E-state index in [4.69, 9.17) is 0 Å². The molecule has 2 fully saturated rings. The number of halogens is 3. The van der Waals surface area contributed by atoms with Crippen molar-refractivity contribution in [2.24, 2.45) is 5.41 Å². The fraction of sp³-hybridized carbons (Fsp3) is 0.429. The van der Waals surface area contributed by atoms with Gasteiger partial charge in [-0.1, -0.05) is 19.1 Å². The van der Waals surface area contributed by atoms with Crippen molar-refractivity contribution >= 4 is 11.8 Å². The van der Waals surface area contributed by atoms with E-state index in [2.05, 4.69) is 25.9 Å². The lowest BCUT2D eigenvalue weighted by Crippen LogP contribution is -2.57. The van der Waals surface area contributed by atoms with Crippen LogP contribution in [0.3, 0.4) is 0 Å². The van der Waals surface area contributed by atoms with E-state index >= 15 is 0 Å². The Kier molecular flexibility index (Phi) is 5.42. The van der Waals surface area contributed by atoms with Gasteiger partial charge in [-0.3, -0.25) is 14.9 Å². The van der Waals surface area contributed by atoms with Crippen molar-refractivity contribution in [3.8, 4) is 0 Å². The van der Waals surface area contributed by atoms with Crippen molar-refractivity contribution in [2.75, 3.05) is 0 Å². The van der Waals surface area contributed by atoms with Gasteiger partial charge in [0.25, 0.3) is 0 Å². The summed E-state index contributed by atoms with van der Waals surface area (Å²) < 4.78 is 38.7. The van der Waals surface area contributed by atoms with Crippen molar-refractivity contribution < 1.29 is 22.8 Å². The van der Waals surface area contributed by atoms with Crippen LogP contribution < -0.4 is 16.0 Å². The van der Waals surface area contributed by atoms with Crippen molar-refractivity contribution in [1.29, 1.82) is 0 Å². The SMILES string of the molecule is CC1([C@@H](NC(=O)C2CC(=O)NC(c3ncccn3)N2)c2ccc(C(F)(F)F)cc2)CC1. The normalized spacial score (nSPS) is 23.5. The van der Waals surface area contributed by atoms with Crippen molar-refractivity contribution in [2.45, 2.75) is 50.6 Å². The predicted molar refractivity (Wildman–Crippen MR) is 104 cm³/mol. The zero-order valence-electron chi connectivity index (χ0n) is 16.7. The summed E-state index contributed by atoms with van der Waals surface area (Å²) in [6, 6.07) is 5.22. The molecule has 0 bridgehead atoms. The molecule has 31 heavy (non-hydrogen) atoms. The Bertz CT molecular complexity index is 961. The highest BCUT2D eigenvalue weighted by atomic mass is 19.4. The van der Waals surface area contributed by atoms with Gasteiger partial charge in [0.2, 0.25) is 11.8 Å². The van der Waals surface area contributed by atoms with Gasteiger partial charge in [0.15, 0.2) is 5.82 Å². The standard InChI is InChI=1S/C21H22F3N5O2/c1-20(7-8-20)16(12-3-5-13(6-4-12)21(22,23)24)29-19(31)14-11-15(30)28-18(27-14)17-25-9-2-10-26-17/h2-6,9-10,14,16,18,27H,7-8,11H2,1H3,(H,28,30)(H,29,31)/t14?,16-,18?/m0/s1. The zero-order chi connectivity index (χ0) is 22.2. The summed E-state index contributed by atoms with van der Waals surface area (Å²) in [6.45, 7) is 1.98. The minimum absolute atomic E-state index is 0.0639. The van der Waals surface area contributed by atoms with Gasteiger partial charge in [0.1, 0.15) is 6.17 Å². The summed E-state index contributed by atoms with van der Waals surface area (Å²) in [5.41, 5.74) is -0.378. The molecule has 1 aliphatic carbocycles. The molecule has 7 nitrogen and oxygen atoms in total. The maximum absolute atomic E-state index is 13.0. The third-order valence-corrected chi connectivity index (χ3v) is 5.82. The van der Waals surface area contributed by atoms with Crippen LogP contribution in [0.1, 0.15) is 55.3 Å². The number of nitrogens with zero attached hydrogens (tertiary/aromatic N) is 2. The first-order valence-electron chi connectivity index (χ1n) is 9.96. The molecule has 2 aliphatic rings. The first-order chi connectivity index (χ1) is 14.7. The molecule has 2 unspecified atom stereocenters. The molecule has 1 aliphatic heterocycles. The second-order valence-corrected chi connectivity index (χ2v) is 8.25. The number of hydrogen-bond donors (Lipinski definition) is 3. The Labute approximate surface area is 176 Å². The Morgan fingerprint density at radius 1 is 1.19 bits per heavy atom. The summed E-state index contributed by atoms with van der Waals surface area (Å²) in [5.74, 6) is -0.379. The second kappa shape index (κ2) is 7.92. The minimum Gasteiger partial charge on any atom is -0.347 e. The van der Waals surface area contributed by atoms with Crippen LogP contribution in [0.5, 0.6) is 0 Å². The van der Waals surface area contributed by atoms with Gasteiger partial charge < -0.3 is 10.6 Å². The van der Waals surface area contributed by atoms with Gasteiger partial charge in [0.05, 0.1) is 24.1 Å². The Hall–Kier alpha value is -3.01. The summed E-state index contributed by atoms with van der Waals surface area (Å²) in [6.07, 6.45) is -0.432. The molecule has 0 radical (unpaired) electrons. The monoisotopic (exact) mass is 433 g/mol. The first kappa shape index (κ1) is 21.2. The highest BCUT2D eigenvalue weighted by Crippen LogP contribution is 2.54. The molecule has 3 atom stereocenters. The van der Waals surface area contributed by atoms with Crippen molar-refractivity contribution in [3.63, 3.8) is 0 Å². The number of rotatable bonds is 5. The second-order valence-electron chi connectivity index (χ2n) is 8.25. The highest BCUT2D eigenvalue weighted by Gasteiger charge is 2.47. The van der Waals surface area contributed by atoms with Crippen LogP contribution in [-0.2, 0) is 15.8 Å². The summed E-state index contributed by atoms with van der Waals surface area (Å²) >= 11 is 0. The Morgan fingerprint density at radius 3 is 2.42 bits per heavy atom. The first-order valence-corrected chi connectivity index (χ1v) is 9.96. The van der Waals surface area contributed by atoms with Crippen LogP contribution in [0.15, 0.2) is 42.7 Å². The number of amides is 2. The number of benzene rings is 1. The molecule has 1 aromatic heterocycles. The van der Waals surface area contributed by atoms with E-state index in [1.807, 2.05) is 6.92 Å². The molecular formula is C21H22F3N5O2. The van der Waals surface area contributed by atoms with Gasteiger partial charge in [-0.25, -0.2) is 9.97 Å². The quantitative estimate of drug-likeness (QED) is 0.674. The number of hydrogen-bond acceptors (Lipinski definition) is 5. The van der Waals surface area contributed by atoms with E-state index in [1.54, 1.807) is 6.07 Å². The minimum atomic E-state index is -4.42. The molecule has 3 N–H and O–H groups in total.